The van der Waals surface area contributed by atoms with Crippen LogP contribution in [0.2, 0.25) is 0 Å². The van der Waals surface area contributed by atoms with Gasteiger partial charge in [-0.25, -0.2) is 4.98 Å². The summed E-state index contributed by atoms with van der Waals surface area (Å²) >= 11 is 0. The maximum Gasteiger partial charge on any atom is 0.0709 e. The summed E-state index contributed by atoms with van der Waals surface area (Å²) in [6.07, 6.45) is 1.90. The molecule has 0 saturated carbocycles. The molecule has 0 unspecified atom stereocenters. The van der Waals surface area contributed by atoms with E-state index in [1.54, 1.807) is 0 Å². The fraction of sp³-hybridized carbons (Fsp3) is 0. The SMILES string of the molecule is N/C(=C\c1ccc2ccccc2n1)c1ccccc1. The first-order valence-corrected chi connectivity index (χ1v) is 6.21. The van der Waals surface area contributed by atoms with E-state index in [1.807, 2.05) is 60.7 Å². The van der Waals surface area contributed by atoms with Crippen LogP contribution in [-0.4, -0.2) is 4.98 Å². The zero-order chi connectivity index (χ0) is 13.1. The number of hydrogen-bond donors (Lipinski definition) is 1. The summed E-state index contributed by atoms with van der Waals surface area (Å²) in [5.74, 6) is 0. The molecule has 92 valence electrons. The van der Waals surface area contributed by atoms with Crippen molar-refractivity contribution in [2.45, 2.75) is 0 Å². The molecule has 1 heterocycles. The molecule has 0 bridgehead atoms. The minimum atomic E-state index is 0.725. The van der Waals surface area contributed by atoms with Crippen LogP contribution in [0.25, 0.3) is 22.7 Å². The molecule has 0 atom stereocenters. The highest BCUT2D eigenvalue weighted by molar-refractivity contribution is 5.83. The number of para-hydroxylation sites is 1. The standard InChI is InChI=1S/C17H14N2/c18-16(13-6-2-1-3-7-13)12-15-11-10-14-8-4-5-9-17(14)19-15/h1-12H,18H2/b16-12-. The molecule has 0 radical (unpaired) electrons. The second-order valence-electron chi connectivity index (χ2n) is 4.39. The molecular formula is C17H14N2. The Morgan fingerprint density at radius 2 is 1.58 bits per heavy atom. The first kappa shape index (κ1) is 11.5. The topological polar surface area (TPSA) is 38.9 Å². The van der Waals surface area contributed by atoms with Crippen molar-refractivity contribution in [1.29, 1.82) is 0 Å². The summed E-state index contributed by atoms with van der Waals surface area (Å²) in [6.45, 7) is 0. The highest BCUT2D eigenvalue weighted by Crippen LogP contribution is 2.15. The molecule has 0 spiro atoms. The fourth-order valence-electron chi connectivity index (χ4n) is 2.04. The Kier molecular flexibility index (Phi) is 2.99. The van der Waals surface area contributed by atoms with Crippen LogP contribution < -0.4 is 5.73 Å². The molecule has 1 aromatic heterocycles. The summed E-state index contributed by atoms with van der Waals surface area (Å²) in [5, 5.41) is 1.14. The second kappa shape index (κ2) is 4.94. The first-order chi connectivity index (χ1) is 9.33. The number of benzene rings is 2. The maximum atomic E-state index is 6.09. The fourth-order valence-corrected chi connectivity index (χ4v) is 2.04. The van der Waals surface area contributed by atoms with E-state index in [0.717, 1.165) is 27.9 Å². The van der Waals surface area contributed by atoms with Crippen molar-refractivity contribution in [3.8, 4) is 0 Å². The molecule has 0 aliphatic carbocycles. The quantitative estimate of drug-likeness (QED) is 0.749. The molecule has 0 fully saturated rings. The van der Waals surface area contributed by atoms with Crippen molar-refractivity contribution in [2.24, 2.45) is 5.73 Å². The van der Waals surface area contributed by atoms with E-state index in [9.17, 15) is 0 Å². The van der Waals surface area contributed by atoms with Crippen LogP contribution in [0.15, 0.2) is 66.7 Å². The molecule has 3 rings (SSSR count). The molecule has 0 saturated heterocycles. The van der Waals surface area contributed by atoms with Gasteiger partial charge >= 0.3 is 0 Å². The monoisotopic (exact) mass is 246 g/mol. The third-order valence-corrected chi connectivity index (χ3v) is 3.03. The van der Waals surface area contributed by atoms with E-state index in [-0.39, 0.29) is 0 Å². The van der Waals surface area contributed by atoms with Gasteiger partial charge in [-0.3, -0.25) is 0 Å². The Hall–Kier alpha value is -2.61. The van der Waals surface area contributed by atoms with Gasteiger partial charge in [-0.1, -0.05) is 54.6 Å². The highest BCUT2D eigenvalue weighted by atomic mass is 14.7. The number of hydrogen-bond acceptors (Lipinski definition) is 2. The van der Waals surface area contributed by atoms with E-state index >= 15 is 0 Å². The number of rotatable bonds is 2. The van der Waals surface area contributed by atoms with Gasteiger partial charge in [-0.05, 0) is 23.8 Å². The van der Waals surface area contributed by atoms with Crippen molar-refractivity contribution >= 4 is 22.7 Å². The third-order valence-electron chi connectivity index (χ3n) is 3.03. The van der Waals surface area contributed by atoms with Crippen molar-refractivity contribution in [3.05, 3.63) is 78.0 Å². The Morgan fingerprint density at radius 3 is 2.42 bits per heavy atom. The largest absolute Gasteiger partial charge is 0.398 e. The van der Waals surface area contributed by atoms with Crippen molar-refractivity contribution in [1.82, 2.24) is 4.98 Å². The van der Waals surface area contributed by atoms with E-state index in [4.69, 9.17) is 5.73 Å². The Bertz CT molecular complexity index is 730. The Balaban J connectivity index is 2.01. The molecule has 2 nitrogen and oxygen atoms in total. The van der Waals surface area contributed by atoms with Crippen molar-refractivity contribution in [2.75, 3.05) is 0 Å². The van der Waals surface area contributed by atoms with Crippen molar-refractivity contribution < 1.29 is 0 Å². The molecule has 0 aliphatic heterocycles. The highest BCUT2D eigenvalue weighted by Gasteiger charge is 1.98. The molecule has 2 N–H and O–H groups in total. The lowest BCUT2D eigenvalue weighted by Gasteiger charge is -2.02. The van der Waals surface area contributed by atoms with E-state index in [0.29, 0.717) is 0 Å². The van der Waals surface area contributed by atoms with Gasteiger partial charge in [-0.15, -0.1) is 0 Å². The minimum Gasteiger partial charge on any atom is -0.398 e. The lowest BCUT2D eigenvalue weighted by atomic mass is 10.1. The molecular weight excluding hydrogens is 232 g/mol. The number of fused-ring (bicyclic) bond motifs is 1. The van der Waals surface area contributed by atoms with Gasteiger partial charge in [-0.2, -0.15) is 0 Å². The smallest absolute Gasteiger partial charge is 0.0709 e. The zero-order valence-electron chi connectivity index (χ0n) is 10.5. The van der Waals surface area contributed by atoms with Gasteiger partial charge in [0.25, 0.3) is 0 Å². The Labute approximate surface area is 112 Å². The molecule has 2 aromatic carbocycles. The summed E-state index contributed by atoms with van der Waals surface area (Å²) < 4.78 is 0. The zero-order valence-corrected chi connectivity index (χ0v) is 10.5. The van der Waals surface area contributed by atoms with Crippen LogP contribution >= 0.6 is 0 Å². The number of nitrogens with zero attached hydrogens (tertiary/aromatic N) is 1. The van der Waals surface area contributed by atoms with Gasteiger partial charge in [0.05, 0.1) is 11.2 Å². The minimum absolute atomic E-state index is 0.725. The average Bonchev–Trinajstić information content (AvgIpc) is 2.48. The number of pyridine rings is 1. The summed E-state index contributed by atoms with van der Waals surface area (Å²) in [6, 6.07) is 22.0. The summed E-state index contributed by atoms with van der Waals surface area (Å²) in [7, 11) is 0. The number of nitrogens with two attached hydrogens (primary N) is 1. The molecule has 0 aliphatic rings. The average molecular weight is 246 g/mol. The van der Waals surface area contributed by atoms with Crippen LogP contribution in [0.3, 0.4) is 0 Å². The van der Waals surface area contributed by atoms with Crippen molar-refractivity contribution in [3.63, 3.8) is 0 Å². The first-order valence-electron chi connectivity index (χ1n) is 6.21. The molecule has 19 heavy (non-hydrogen) atoms. The van der Waals surface area contributed by atoms with Crippen LogP contribution in [0.4, 0.5) is 0 Å². The van der Waals surface area contributed by atoms with Crippen LogP contribution in [0.1, 0.15) is 11.3 Å². The molecule has 0 amide bonds. The predicted molar refractivity (Wildman–Crippen MR) is 80.2 cm³/mol. The third kappa shape index (κ3) is 2.47. The van der Waals surface area contributed by atoms with E-state index < -0.39 is 0 Å². The normalized spacial score (nSPS) is 11.7. The Morgan fingerprint density at radius 1 is 0.842 bits per heavy atom. The van der Waals surface area contributed by atoms with Gasteiger partial charge in [0, 0.05) is 11.1 Å². The van der Waals surface area contributed by atoms with Gasteiger partial charge < -0.3 is 5.73 Å². The lowest BCUT2D eigenvalue weighted by Crippen LogP contribution is -1.96. The van der Waals surface area contributed by atoms with E-state index in [1.165, 1.54) is 0 Å². The van der Waals surface area contributed by atoms with Gasteiger partial charge in [0.1, 0.15) is 0 Å². The molecule has 2 heteroatoms. The van der Waals surface area contributed by atoms with Crippen LogP contribution in [-0.2, 0) is 0 Å². The number of aromatic nitrogens is 1. The maximum absolute atomic E-state index is 6.09. The van der Waals surface area contributed by atoms with E-state index in [2.05, 4.69) is 17.1 Å². The second-order valence-corrected chi connectivity index (χ2v) is 4.39. The summed E-state index contributed by atoms with van der Waals surface area (Å²) in [5.41, 5.74) is 9.69. The van der Waals surface area contributed by atoms with Crippen LogP contribution in [0.5, 0.6) is 0 Å². The predicted octanol–water partition coefficient (Wildman–Crippen LogP) is 3.69. The molecule has 3 aromatic rings. The van der Waals surface area contributed by atoms with Crippen LogP contribution in [0, 0.1) is 0 Å². The van der Waals surface area contributed by atoms with Gasteiger partial charge in [0.2, 0.25) is 0 Å². The lowest BCUT2D eigenvalue weighted by molar-refractivity contribution is 1.37. The van der Waals surface area contributed by atoms with Gasteiger partial charge in [0.15, 0.2) is 0 Å². The summed E-state index contributed by atoms with van der Waals surface area (Å²) in [4.78, 5) is 4.58.